The molecule has 0 aromatic heterocycles. The quantitative estimate of drug-likeness (QED) is 0.326. The van der Waals surface area contributed by atoms with Gasteiger partial charge >= 0.3 is 15.4 Å². The molecule has 0 spiro atoms. The Morgan fingerprint density at radius 1 is 0.875 bits per heavy atom. The van der Waals surface area contributed by atoms with Crippen molar-refractivity contribution in [2.75, 3.05) is 6.61 Å². The predicted octanol–water partition coefficient (Wildman–Crippen LogP) is 5.43. The van der Waals surface area contributed by atoms with E-state index in [-0.39, 0.29) is 5.75 Å². The molecule has 0 saturated heterocycles. The lowest BCUT2D eigenvalue weighted by molar-refractivity contribution is -0.0236. The molecule has 2 atom stereocenters. The standard InChI is InChI=1S/C23H22F2O5S2/c1-3-29-18-9-13-21(14-10-18)31(20-7-5-4-6-8-20)22-15-11-19(12-16-22)30-17(2)23(24,25)32(26,27)28/h4-17H,3H2,1-2H3/p+1. The molecule has 0 radical (unpaired) electrons. The van der Waals surface area contributed by atoms with Crippen molar-refractivity contribution in [2.45, 2.75) is 39.9 Å². The molecular formula is C23H23F2O5S2+. The Morgan fingerprint density at radius 2 is 1.34 bits per heavy atom. The zero-order valence-electron chi connectivity index (χ0n) is 17.4. The molecule has 0 aliphatic heterocycles. The summed E-state index contributed by atoms with van der Waals surface area (Å²) in [6, 6.07) is 24.1. The summed E-state index contributed by atoms with van der Waals surface area (Å²) in [5, 5.41) is -4.43. The Kier molecular flexibility index (Phi) is 7.43. The second-order valence-electron chi connectivity index (χ2n) is 6.79. The highest BCUT2D eigenvalue weighted by molar-refractivity contribution is 7.97. The first-order valence-corrected chi connectivity index (χ1v) is 12.4. The van der Waals surface area contributed by atoms with Gasteiger partial charge in [0.2, 0.25) is 0 Å². The molecule has 0 fully saturated rings. The second kappa shape index (κ2) is 9.89. The minimum atomic E-state index is -5.59. The van der Waals surface area contributed by atoms with Gasteiger partial charge in [-0.2, -0.15) is 17.2 Å². The van der Waals surface area contributed by atoms with E-state index < -0.39 is 32.4 Å². The van der Waals surface area contributed by atoms with Crippen molar-refractivity contribution in [2.24, 2.45) is 0 Å². The Bertz CT molecular complexity index is 1120. The molecule has 0 heterocycles. The minimum absolute atomic E-state index is 0.0629. The van der Waals surface area contributed by atoms with Crippen LogP contribution in [0.2, 0.25) is 0 Å². The third-order valence-electron chi connectivity index (χ3n) is 4.54. The van der Waals surface area contributed by atoms with Crippen LogP contribution >= 0.6 is 0 Å². The van der Waals surface area contributed by atoms with Crippen LogP contribution in [-0.4, -0.2) is 30.9 Å². The third-order valence-corrected chi connectivity index (χ3v) is 7.79. The summed E-state index contributed by atoms with van der Waals surface area (Å²) < 4.78 is 68.8. The van der Waals surface area contributed by atoms with E-state index >= 15 is 0 Å². The summed E-state index contributed by atoms with van der Waals surface area (Å²) >= 11 is 0. The van der Waals surface area contributed by atoms with E-state index in [0.29, 0.717) is 6.61 Å². The van der Waals surface area contributed by atoms with Gasteiger partial charge in [0.05, 0.1) is 17.5 Å². The molecule has 32 heavy (non-hydrogen) atoms. The van der Waals surface area contributed by atoms with E-state index in [2.05, 4.69) is 0 Å². The molecule has 5 nitrogen and oxygen atoms in total. The van der Waals surface area contributed by atoms with E-state index in [1.807, 2.05) is 61.5 Å². The summed E-state index contributed by atoms with van der Waals surface area (Å²) in [7, 11) is -6.06. The van der Waals surface area contributed by atoms with Crippen molar-refractivity contribution in [3.05, 3.63) is 78.9 Å². The Hall–Kier alpha value is -2.62. The number of rotatable bonds is 9. The first-order valence-electron chi connectivity index (χ1n) is 9.77. The van der Waals surface area contributed by atoms with Crippen LogP contribution < -0.4 is 9.47 Å². The minimum Gasteiger partial charge on any atom is -0.494 e. The van der Waals surface area contributed by atoms with Gasteiger partial charge in [-0.05, 0) is 74.5 Å². The van der Waals surface area contributed by atoms with E-state index in [1.165, 1.54) is 12.1 Å². The van der Waals surface area contributed by atoms with E-state index in [1.54, 1.807) is 12.1 Å². The van der Waals surface area contributed by atoms with Gasteiger partial charge in [0.25, 0.3) is 0 Å². The molecule has 170 valence electrons. The lowest BCUT2D eigenvalue weighted by Gasteiger charge is -2.21. The summed E-state index contributed by atoms with van der Waals surface area (Å²) in [4.78, 5) is 3.03. The molecule has 3 aromatic rings. The van der Waals surface area contributed by atoms with E-state index in [4.69, 9.17) is 14.0 Å². The maximum atomic E-state index is 13.8. The molecule has 0 amide bonds. The summed E-state index contributed by atoms with van der Waals surface area (Å²) in [6.07, 6.45) is -2.07. The largest absolute Gasteiger partial charge is 0.494 e. The van der Waals surface area contributed by atoms with Crippen molar-refractivity contribution in [1.29, 1.82) is 0 Å². The SMILES string of the molecule is CCOc1ccc([S+](c2ccccc2)c2ccc(OC(C)C(F)(F)S(=O)(=O)O)cc2)cc1. The van der Waals surface area contributed by atoms with Gasteiger partial charge < -0.3 is 9.47 Å². The second-order valence-corrected chi connectivity index (χ2v) is 10.3. The molecule has 1 N–H and O–H groups in total. The van der Waals surface area contributed by atoms with Crippen LogP contribution in [0.25, 0.3) is 0 Å². The number of hydrogen-bond acceptors (Lipinski definition) is 4. The number of halogens is 2. The number of hydrogen-bond donors (Lipinski definition) is 1. The summed E-state index contributed by atoms with van der Waals surface area (Å²) in [5.41, 5.74) is 0. The highest BCUT2D eigenvalue weighted by Gasteiger charge is 2.51. The maximum Gasteiger partial charge on any atom is 0.405 e. The number of ether oxygens (including phenoxy) is 2. The normalized spacial score (nSPS) is 13.9. The maximum absolute atomic E-state index is 13.8. The first-order chi connectivity index (χ1) is 15.1. The van der Waals surface area contributed by atoms with Crippen LogP contribution in [0.5, 0.6) is 11.5 Å². The summed E-state index contributed by atoms with van der Waals surface area (Å²) in [6.45, 7) is 3.37. The average Bonchev–Trinajstić information content (AvgIpc) is 2.76. The zero-order chi connectivity index (χ0) is 23.4. The van der Waals surface area contributed by atoms with Crippen molar-refractivity contribution >= 4 is 21.0 Å². The van der Waals surface area contributed by atoms with Crippen LogP contribution in [-0.2, 0) is 21.0 Å². The lowest BCUT2D eigenvalue weighted by Crippen LogP contribution is -2.42. The van der Waals surface area contributed by atoms with E-state index in [0.717, 1.165) is 27.4 Å². The number of benzene rings is 3. The highest BCUT2D eigenvalue weighted by atomic mass is 32.2. The molecule has 3 rings (SSSR count). The average molecular weight is 482 g/mol. The molecule has 0 aliphatic carbocycles. The van der Waals surface area contributed by atoms with Gasteiger partial charge in [-0.25, -0.2) is 0 Å². The van der Waals surface area contributed by atoms with Crippen molar-refractivity contribution in [3.63, 3.8) is 0 Å². The molecule has 3 aromatic carbocycles. The smallest absolute Gasteiger partial charge is 0.405 e. The first kappa shape index (κ1) is 24.0. The van der Waals surface area contributed by atoms with E-state index in [9.17, 15) is 17.2 Å². The fourth-order valence-electron chi connectivity index (χ4n) is 2.94. The third kappa shape index (κ3) is 5.40. The Labute approximate surface area is 189 Å². The Morgan fingerprint density at radius 3 is 1.81 bits per heavy atom. The van der Waals surface area contributed by atoms with Gasteiger partial charge in [0.15, 0.2) is 20.8 Å². The molecule has 2 unspecified atom stereocenters. The fraction of sp³-hybridized carbons (Fsp3) is 0.217. The monoisotopic (exact) mass is 481 g/mol. The van der Waals surface area contributed by atoms with Crippen LogP contribution in [0.15, 0.2) is 93.5 Å². The van der Waals surface area contributed by atoms with Crippen molar-refractivity contribution in [1.82, 2.24) is 0 Å². The van der Waals surface area contributed by atoms with Crippen LogP contribution in [0, 0.1) is 0 Å². The topological polar surface area (TPSA) is 72.8 Å². The zero-order valence-corrected chi connectivity index (χ0v) is 19.1. The number of alkyl halides is 2. The summed E-state index contributed by atoms with van der Waals surface area (Å²) in [5.74, 6) is 0.832. The van der Waals surface area contributed by atoms with Crippen LogP contribution in [0.3, 0.4) is 0 Å². The lowest BCUT2D eigenvalue weighted by atomic mass is 10.3. The predicted molar refractivity (Wildman–Crippen MR) is 119 cm³/mol. The Balaban J connectivity index is 1.90. The van der Waals surface area contributed by atoms with Crippen molar-refractivity contribution in [3.8, 4) is 11.5 Å². The fourth-order valence-corrected chi connectivity index (χ4v) is 5.47. The van der Waals surface area contributed by atoms with Gasteiger partial charge in [-0.1, -0.05) is 18.2 Å². The van der Waals surface area contributed by atoms with Crippen molar-refractivity contribution < 1.29 is 31.2 Å². The van der Waals surface area contributed by atoms with Gasteiger partial charge in [-0.3, -0.25) is 4.55 Å². The molecule has 0 aliphatic rings. The van der Waals surface area contributed by atoms with Crippen LogP contribution in [0.1, 0.15) is 13.8 Å². The molecule has 0 saturated carbocycles. The van der Waals surface area contributed by atoms with Crippen LogP contribution in [0.4, 0.5) is 8.78 Å². The van der Waals surface area contributed by atoms with Gasteiger partial charge in [0, 0.05) is 0 Å². The molecule has 9 heteroatoms. The van der Waals surface area contributed by atoms with Gasteiger partial charge in [0.1, 0.15) is 11.5 Å². The highest BCUT2D eigenvalue weighted by Crippen LogP contribution is 2.34. The molecular weight excluding hydrogens is 458 g/mol. The van der Waals surface area contributed by atoms with Gasteiger partial charge in [-0.15, -0.1) is 0 Å². The molecule has 0 bridgehead atoms.